The minimum Gasteiger partial charge on any atom is -0.497 e. The smallest absolute Gasteiger partial charge is 0.231 e. The fourth-order valence-electron chi connectivity index (χ4n) is 2.59. The molecule has 0 aliphatic carbocycles. The van der Waals surface area contributed by atoms with Gasteiger partial charge in [0.15, 0.2) is 0 Å². The molecule has 0 spiro atoms. The van der Waals surface area contributed by atoms with Gasteiger partial charge in [0.25, 0.3) is 0 Å². The van der Waals surface area contributed by atoms with Gasteiger partial charge in [0, 0.05) is 17.0 Å². The van der Waals surface area contributed by atoms with Crippen LogP contribution in [0.3, 0.4) is 0 Å². The Morgan fingerprint density at radius 2 is 1.86 bits per heavy atom. The van der Waals surface area contributed by atoms with Crippen LogP contribution in [-0.4, -0.2) is 13.0 Å². The van der Waals surface area contributed by atoms with Crippen molar-refractivity contribution in [3.8, 4) is 5.75 Å². The number of carbonyl (C=O) groups excluding carboxylic acids is 1. The van der Waals surface area contributed by atoms with Crippen molar-refractivity contribution >= 4 is 56.4 Å². The molecule has 22 heavy (non-hydrogen) atoms. The topological polar surface area (TPSA) is 29.5 Å². The predicted molar refractivity (Wildman–Crippen MR) is 92.6 cm³/mol. The van der Waals surface area contributed by atoms with Crippen LogP contribution >= 0.6 is 39.1 Å². The van der Waals surface area contributed by atoms with E-state index in [0.29, 0.717) is 34.3 Å². The maximum atomic E-state index is 12.5. The van der Waals surface area contributed by atoms with Gasteiger partial charge in [-0.15, -0.1) is 0 Å². The van der Waals surface area contributed by atoms with Gasteiger partial charge in [-0.25, -0.2) is 0 Å². The molecule has 0 saturated carbocycles. The summed E-state index contributed by atoms with van der Waals surface area (Å²) in [4.78, 5) is 14.1. The lowest BCUT2D eigenvalue weighted by Gasteiger charge is -2.31. The Hall–Kier alpha value is -1.23. The number of para-hydroxylation sites is 1. The quantitative estimate of drug-likeness (QED) is 0.677. The van der Waals surface area contributed by atoms with Gasteiger partial charge in [0.05, 0.1) is 28.5 Å². The Bertz CT molecular complexity index is 744. The Morgan fingerprint density at radius 1 is 1.18 bits per heavy atom. The SMILES string of the molecule is COc1cc(Br)c2c(c1)N(c1c(Cl)cccc1Cl)C(=O)CC2. The largest absolute Gasteiger partial charge is 0.497 e. The van der Waals surface area contributed by atoms with Gasteiger partial charge in [-0.05, 0) is 30.2 Å². The molecular formula is C16H12BrCl2NO2. The number of hydrogen-bond donors (Lipinski definition) is 0. The molecule has 2 aromatic carbocycles. The van der Waals surface area contributed by atoms with E-state index in [1.54, 1.807) is 30.2 Å². The molecular weight excluding hydrogens is 389 g/mol. The molecule has 1 amide bonds. The summed E-state index contributed by atoms with van der Waals surface area (Å²) in [6.45, 7) is 0. The highest BCUT2D eigenvalue weighted by Crippen LogP contribution is 2.45. The molecule has 114 valence electrons. The first-order chi connectivity index (χ1) is 10.5. The summed E-state index contributed by atoms with van der Waals surface area (Å²) >= 11 is 16.1. The Balaban J connectivity index is 2.26. The summed E-state index contributed by atoms with van der Waals surface area (Å²) < 4.78 is 6.21. The molecule has 0 N–H and O–H groups in total. The first kappa shape index (κ1) is 15.7. The van der Waals surface area contributed by atoms with Crippen molar-refractivity contribution in [1.82, 2.24) is 0 Å². The van der Waals surface area contributed by atoms with Crippen LogP contribution in [0.2, 0.25) is 10.0 Å². The molecule has 1 heterocycles. The number of ether oxygens (including phenoxy) is 1. The highest BCUT2D eigenvalue weighted by molar-refractivity contribution is 9.10. The second-order valence-corrected chi connectivity index (χ2v) is 6.58. The first-order valence-electron chi connectivity index (χ1n) is 6.66. The van der Waals surface area contributed by atoms with Crippen molar-refractivity contribution in [1.29, 1.82) is 0 Å². The van der Waals surface area contributed by atoms with Crippen LogP contribution in [0.25, 0.3) is 0 Å². The zero-order chi connectivity index (χ0) is 15.9. The minimum atomic E-state index is -0.0392. The highest BCUT2D eigenvalue weighted by atomic mass is 79.9. The van der Waals surface area contributed by atoms with E-state index in [1.165, 1.54) is 0 Å². The maximum absolute atomic E-state index is 12.5. The molecule has 3 rings (SSSR count). The fraction of sp³-hybridized carbons (Fsp3) is 0.188. The lowest BCUT2D eigenvalue weighted by molar-refractivity contribution is -0.118. The average Bonchev–Trinajstić information content (AvgIpc) is 2.48. The van der Waals surface area contributed by atoms with Crippen molar-refractivity contribution in [2.75, 3.05) is 12.0 Å². The van der Waals surface area contributed by atoms with Gasteiger partial charge in [-0.2, -0.15) is 0 Å². The number of rotatable bonds is 2. The molecule has 2 aromatic rings. The molecule has 0 atom stereocenters. The number of anilines is 2. The van der Waals surface area contributed by atoms with Gasteiger partial charge < -0.3 is 4.74 Å². The van der Waals surface area contributed by atoms with Gasteiger partial charge in [-0.3, -0.25) is 9.69 Å². The van der Waals surface area contributed by atoms with Crippen LogP contribution in [0.15, 0.2) is 34.8 Å². The molecule has 0 radical (unpaired) electrons. The molecule has 0 aromatic heterocycles. The van der Waals surface area contributed by atoms with Crippen LogP contribution in [-0.2, 0) is 11.2 Å². The van der Waals surface area contributed by atoms with E-state index in [-0.39, 0.29) is 5.91 Å². The number of fused-ring (bicyclic) bond motifs is 1. The standard InChI is InChI=1S/C16H12BrCl2NO2/c1-22-9-7-11(17)10-5-6-15(21)20(14(10)8-9)16-12(18)3-2-4-13(16)19/h2-4,7-8H,5-6H2,1H3. The molecule has 3 nitrogen and oxygen atoms in total. The number of carbonyl (C=O) groups is 1. The van der Waals surface area contributed by atoms with Crippen molar-refractivity contribution in [2.45, 2.75) is 12.8 Å². The summed E-state index contributed by atoms with van der Waals surface area (Å²) in [6, 6.07) is 8.92. The zero-order valence-corrected chi connectivity index (χ0v) is 14.8. The van der Waals surface area contributed by atoms with Crippen LogP contribution in [0, 0.1) is 0 Å². The van der Waals surface area contributed by atoms with Gasteiger partial charge in [0.2, 0.25) is 5.91 Å². The van der Waals surface area contributed by atoms with E-state index in [1.807, 2.05) is 12.1 Å². The Kier molecular flexibility index (Phi) is 4.35. The third kappa shape index (κ3) is 2.60. The minimum absolute atomic E-state index is 0.0392. The zero-order valence-electron chi connectivity index (χ0n) is 11.7. The second kappa shape index (κ2) is 6.11. The second-order valence-electron chi connectivity index (χ2n) is 4.91. The van der Waals surface area contributed by atoms with E-state index in [2.05, 4.69) is 15.9 Å². The number of methoxy groups -OCH3 is 1. The monoisotopic (exact) mass is 399 g/mol. The fourth-order valence-corrected chi connectivity index (χ4v) is 3.78. The number of benzene rings is 2. The van der Waals surface area contributed by atoms with Crippen molar-refractivity contribution in [2.24, 2.45) is 0 Å². The lowest BCUT2D eigenvalue weighted by Crippen LogP contribution is -2.31. The normalized spacial score (nSPS) is 14.0. The molecule has 0 fully saturated rings. The third-order valence-electron chi connectivity index (χ3n) is 3.62. The predicted octanol–water partition coefficient (Wildman–Crippen LogP) is 5.38. The van der Waals surface area contributed by atoms with Gasteiger partial charge in [0.1, 0.15) is 5.75 Å². The molecule has 6 heteroatoms. The number of halogens is 3. The third-order valence-corrected chi connectivity index (χ3v) is 4.94. The summed E-state index contributed by atoms with van der Waals surface area (Å²) in [5.41, 5.74) is 2.30. The molecule has 0 saturated heterocycles. The van der Waals surface area contributed by atoms with E-state index >= 15 is 0 Å². The first-order valence-corrected chi connectivity index (χ1v) is 8.21. The Morgan fingerprint density at radius 3 is 2.50 bits per heavy atom. The van der Waals surface area contributed by atoms with Crippen LogP contribution in [0.5, 0.6) is 5.75 Å². The molecule has 1 aliphatic rings. The summed E-state index contributed by atoms with van der Waals surface area (Å²) in [6.07, 6.45) is 1.07. The van der Waals surface area contributed by atoms with E-state index in [9.17, 15) is 4.79 Å². The number of nitrogens with zero attached hydrogens (tertiary/aromatic N) is 1. The van der Waals surface area contributed by atoms with Crippen molar-refractivity contribution in [3.05, 3.63) is 50.4 Å². The highest BCUT2D eigenvalue weighted by Gasteiger charge is 2.30. The van der Waals surface area contributed by atoms with Crippen molar-refractivity contribution in [3.63, 3.8) is 0 Å². The summed E-state index contributed by atoms with van der Waals surface area (Å²) in [7, 11) is 1.59. The van der Waals surface area contributed by atoms with E-state index in [0.717, 1.165) is 15.7 Å². The van der Waals surface area contributed by atoms with Gasteiger partial charge >= 0.3 is 0 Å². The lowest BCUT2D eigenvalue weighted by atomic mass is 10.00. The van der Waals surface area contributed by atoms with Crippen LogP contribution in [0.4, 0.5) is 11.4 Å². The number of hydrogen-bond acceptors (Lipinski definition) is 2. The summed E-state index contributed by atoms with van der Waals surface area (Å²) in [5.74, 6) is 0.621. The molecule has 0 bridgehead atoms. The van der Waals surface area contributed by atoms with Crippen LogP contribution < -0.4 is 9.64 Å². The average molecular weight is 401 g/mol. The van der Waals surface area contributed by atoms with E-state index in [4.69, 9.17) is 27.9 Å². The molecule has 1 aliphatic heterocycles. The van der Waals surface area contributed by atoms with Gasteiger partial charge in [-0.1, -0.05) is 45.2 Å². The summed E-state index contributed by atoms with van der Waals surface area (Å²) in [5, 5.41) is 0.875. The van der Waals surface area contributed by atoms with Crippen LogP contribution in [0.1, 0.15) is 12.0 Å². The Labute approximate surface area is 146 Å². The van der Waals surface area contributed by atoms with Crippen molar-refractivity contribution < 1.29 is 9.53 Å². The maximum Gasteiger partial charge on any atom is 0.231 e. The number of amides is 1. The molecule has 0 unspecified atom stereocenters. The van der Waals surface area contributed by atoms with E-state index < -0.39 is 0 Å².